The van der Waals surface area contributed by atoms with Gasteiger partial charge in [0.2, 0.25) is 0 Å². The second kappa shape index (κ2) is 6.24. The highest BCUT2D eigenvalue weighted by molar-refractivity contribution is 5.09. The van der Waals surface area contributed by atoms with Gasteiger partial charge in [0.1, 0.15) is 0 Å². The summed E-state index contributed by atoms with van der Waals surface area (Å²) in [5.41, 5.74) is 7.38. The lowest BCUT2D eigenvalue weighted by Crippen LogP contribution is -2.51. The minimum absolute atomic E-state index is 0.276. The number of ether oxygens (including phenoxy) is 1. The monoisotopic (exact) mass is 278 g/mol. The number of nitrogens with two attached hydrogens (primary N) is 1. The smallest absolute Gasteiger partial charge is 0.0948 e. The molecule has 3 unspecified atom stereocenters. The molecule has 1 aliphatic heterocycles. The van der Waals surface area contributed by atoms with Gasteiger partial charge in [-0.25, -0.2) is 4.98 Å². The van der Waals surface area contributed by atoms with Gasteiger partial charge in [-0.3, -0.25) is 4.90 Å². The lowest BCUT2D eigenvalue weighted by Gasteiger charge is -2.42. The zero-order valence-corrected chi connectivity index (χ0v) is 12.4. The molecule has 1 saturated carbocycles. The Morgan fingerprint density at radius 1 is 1.50 bits per heavy atom. The Hall–Kier alpha value is -0.910. The first-order valence-corrected chi connectivity index (χ1v) is 7.92. The molecule has 1 saturated heterocycles. The number of fused-ring (bicyclic) bond motifs is 1. The van der Waals surface area contributed by atoms with Crippen LogP contribution in [0, 0.1) is 0 Å². The quantitative estimate of drug-likeness (QED) is 0.888. The summed E-state index contributed by atoms with van der Waals surface area (Å²) in [7, 11) is 0. The van der Waals surface area contributed by atoms with E-state index in [-0.39, 0.29) is 6.04 Å². The predicted molar refractivity (Wildman–Crippen MR) is 78.4 cm³/mol. The molecule has 0 spiro atoms. The molecule has 112 valence electrons. The van der Waals surface area contributed by atoms with Gasteiger partial charge in [0, 0.05) is 31.9 Å². The third-order valence-electron chi connectivity index (χ3n) is 4.70. The van der Waals surface area contributed by atoms with E-state index >= 15 is 0 Å². The number of rotatable bonds is 5. The summed E-state index contributed by atoms with van der Waals surface area (Å²) in [6.07, 6.45) is 9.18. The van der Waals surface area contributed by atoms with Crippen molar-refractivity contribution < 1.29 is 4.74 Å². The van der Waals surface area contributed by atoms with Crippen molar-refractivity contribution in [1.82, 2.24) is 14.5 Å². The van der Waals surface area contributed by atoms with Crippen LogP contribution in [0.15, 0.2) is 12.5 Å². The molecule has 0 bridgehead atoms. The largest absolute Gasteiger partial charge is 0.375 e. The van der Waals surface area contributed by atoms with Gasteiger partial charge in [-0.2, -0.15) is 0 Å². The van der Waals surface area contributed by atoms with Crippen molar-refractivity contribution in [2.24, 2.45) is 5.73 Å². The molecule has 0 aromatic carbocycles. The van der Waals surface area contributed by atoms with Crippen LogP contribution >= 0.6 is 0 Å². The SMILES string of the molecule is CCCn1cncc1C(CN)N1CCOC2CCCC21. The van der Waals surface area contributed by atoms with Crippen LogP contribution in [0.5, 0.6) is 0 Å². The van der Waals surface area contributed by atoms with E-state index < -0.39 is 0 Å². The Labute approximate surface area is 121 Å². The summed E-state index contributed by atoms with van der Waals surface area (Å²) in [5.74, 6) is 0. The molecule has 1 aromatic heterocycles. The average molecular weight is 278 g/mol. The molecule has 2 N–H and O–H groups in total. The Morgan fingerprint density at radius 2 is 2.40 bits per heavy atom. The van der Waals surface area contributed by atoms with E-state index in [4.69, 9.17) is 10.5 Å². The van der Waals surface area contributed by atoms with Crippen molar-refractivity contribution in [3.05, 3.63) is 18.2 Å². The van der Waals surface area contributed by atoms with E-state index in [2.05, 4.69) is 21.4 Å². The van der Waals surface area contributed by atoms with Crippen LogP contribution in [0.4, 0.5) is 0 Å². The van der Waals surface area contributed by atoms with Crippen LogP contribution in [0.3, 0.4) is 0 Å². The van der Waals surface area contributed by atoms with Crippen LogP contribution < -0.4 is 5.73 Å². The molecule has 3 rings (SSSR count). The molecule has 2 aliphatic rings. The van der Waals surface area contributed by atoms with Gasteiger partial charge in [-0.05, 0) is 25.7 Å². The van der Waals surface area contributed by atoms with Crippen LogP contribution in [-0.2, 0) is 11.3 Å². The van der Waals surface area contributed by atoms with Crippen LogP contribution in [0.25, 0.3) is 0 Å². The van der Waals surface area contributed by atoms with Crippen molar-refractivity contribution in [3.63, 3.8) is 0 Å². The van der Waals surface area contributed by atoms with Gasteiger partial charge in [0.25, 0.3) is 0 Å². The lowest BCUT2D eigenvalue weighted by atomic mass is 10.0. The average Bonchev–Trinajstić information content (AvgIpc) is 3.10. The van der Waals surface area contributed by atoms with Gasteiger partial charge >= 0.3 is 0 Å². The maximum atomic E-state index is 6.12. The number of aromatic nitrogens is 2. The Morgan fingerprint density at radius 3 is 3.20 bits per heavy atom. The Bertz CT molecular complexity index is 433. The van der Waals surface area contributed by atoms with Gasteiger partial charge in [0.05, 0.1) is 30.8 Å². The molecule has 0 amide bonds. The Kier molecular flexibility index (Phi) is 4.38. The third kappa shape index (κ3) is 2.50. The molecule has 5 nitrogen and oxygen atoms in total. The van der Waals surface area contributed by atoms with Gasteiger partial charge < -0.3 is 15.0 Å². The van der Waals surface area contributed by atoms with E-state index in [0.29, 0.717) is 18.7 Å². The van der Waals surface area contributed by atoms with Crippen molar-refractivity contribution in [2.45, 2.75) is 57.3 Å². The number of imidazole rings is 1. The molecular formula is C15H26N4O. The standard InChI is InChI=1S/C15H26N4O/c1-2-6-18-11-17-10-14(18)13(9-16)19-7-8-20-15-5-3-4-12(15)19/h10-13,15H,2-9,16H2,1H3. The van der Waals surface area contributed by atoms with Crippen molar-refractivity contribution in [1.29, 1.82) is 0 Å². The van der Waals surface area contributed by atoms with E-state index in [1.54, 1.807) is 0 Å². The maximum absolute atomic E-state index is 6.12. The van der Waals surface area contributed by atoms with E-state index in [1.807, 2.05) is 12.5 Å². The maximum Gasteiger partial charge on any atom is 0.0948 e. The Balaban J connectivity index is 1.83. The molecule has 1 aromatic rings. The molecule has 20 heavy (non-hydrogen) atoms. The number of hydrogen-bond donors (Lipinski definition) is 1. The normalized spacial score (nSPS) is 28.5. The number of hydrogen-bond acceptors (Lipinski definition) is 4. The first-order chi connectivity index (χ1) is 9.85. The fraction of sp³-hybridized carbons (Fsp3) is 0.800. The van der Waals surface area contributed by atoms with Gasteiger partial charge in [0.15, 0.2) is 0 Å². The fourth-order valence-corrected chi connectivity index (χ4v) is 3.80. The highest BCUT2D eigenvalue weighted by atomic mass is 16.5. The zero-order chi connectivity index (χ0) is 13.9. The third-order valence-corrected chi connectivity index (χ3v) is 4.70. The van der Waals surface area contributed by atoms with Crippen LogP contribution in [0.1, 0.15) is 44.3 Å². The van der Waals surface area contributed by atoms with E-state index in [1.165, 1.54) is 25.0 Å². The first kappa shape index (κ1) is 14.0. The molecule has 0 radical (unpaired) electrons. The first-order valence-electron chi connectivity index (χ1n) is 7.92. The van der Waals surface area contributed by atoms with Crippen molar-refractivity contribution >= 4 is 0 Å². The number of nitrogens with zero attached hydrogens (tertiary/aromatic N) is 3. The van der Waals surface area contributed by atoms with Crippen LogP contribution in [0.2, 0.25) is 0 Å². The van der Waals surface area contributed by atoms with Gasteiger partial charge in [-0.15, -0.1) is 0 Å². The van der Waals surface area contributed by atoms with Crippen molar-refractivity contribution in [2.75, 3.05) is 19.7 Å². The zero-order valence-electron chi connectivity index (χ0n) is 12.4. The molecule has 3 atom stereocenters. The van der Waals surface area contributed by atoms with E-state index in [9.17, 15) is 0 Å². The summed E-state index contributed by atoms with van der Waals surface area (Å²) < 4.78 is 8.18. The minimum Gasteiger partial charge on any atom is -0.375 e. The summed E-state index contributed by atoms with van der Waals surface area (Å²) in [6, 6.07) is 0.820. The fourth-order valence-electron chi connectivity index (χ4n) is 3.80. The molecule has 5 heteroatoms. The second-order valence-corrected chi connectivity index (χ2v) is 5.91. The van der Waals surface area contributed by atoms with Gasteiger partial charge in [-0.1, -0.05) is 6.92 Å². The predicted octanol–water partition coefficient (Wildman–Crippen LogP) is 1.55. The number of aryl methyl sites for hydroxylation is 1. The van der Waals surface area contributed by atoms with Crippen molar-refractivity contribution in [3.8, 4) is 0 Å². The highest BCUT2D eigenvalue weighted by Crippen LogP contribution is 2.34. The van der Waals surface area contributed by atoms with E-state index in [0.717, 1.165) is 26.1 Å². The lowest BCUT2D eigenvalue weighted by molar-refractivity contribution is -0.0721. The minimum atomic E-state index is 0.276. The summed E-state index contributed by atoms with van der Waals surface area (Å²) in [6.45, 7) is 5.69. The summed E-state index contributed by atoms with van der Waals surface area (Å²) >= 11 is 0. The topological polar surface area (TPSA) is 56.3 Å². The molecule has 2 heterocycles. The molecular weight excluding hydrogens is 252 g/mol. The number of morpholine rings is 1. The molecule has 2 fully saturated rings. The van der Waals surface area contributed by atoms with Crippen LogP contribution in [-0.4, -0.2) is 46.3 Å². The second-order valence-electron chi connectivity index (χ2n) is 5.91. The highest BCUT2D eigenvalue weighted by Gasteiger charge is 2.39. The summed E-state index contributed by atoms with van der Waals surface area (Å²) in [5, 5.41) is 0. The molecule has 1 aliphatic carbocycles. The summed E-state index contributed by atoms with van der Waals surface area (Å²) in [4.78, 5) is 6.91.